The van der Waals surface area contributed by atoms with Gasteiger partial charge in [0.05, 0.1) is 0 Å². The molecule has 0 fully saturated rings. The lowest BCUT2D eigenvalue weighted by Gasteiger charge is -2.17. The van der Waals surface area contributed by atoms with Crippen molar-refractivity contribution >= 4 is 0 Å². The smallest absolute Gasteiger partial charge is 0.0341 e. The van der Waals surface area contributed by atoms with Crippen LogP contribution in [0, 0.1) is 20.8 Å². The van der Waals surface area contributed by atoms with Crippen LogP contribution in [0.1, 0.15) is 33.9 Å². The zero-order valence-electron chi connectivity index (χ0n) is 11.4. The molecule has 0 saturated carbocycles. The van der Waals surface area contributed by atoms with Crippen molar-refractivity contribution in [2.45, 2.75) is 33.2 Å². The van der Waals surface area contributed by atoms with Gasteiger partial charge >= 0.3 is 0 Å². The van der Waals surface area contributed by atoms with E-state index in [1.807, 2.05) is 0 Å². The van der Waals surface area contributed by atoms with Crippen molar-refractivity contribution in [1.82, 2.24) is 0 Å². The molecular weight excluding hydrogens is 218 g/mol. The van der Waals surface area contributed by atoms with E-state index in [1.54, 1.807) is 0 Å². The molecule has 2 aromatic carbocycles. The van der Waals surface area contributed by atoms with Crippen LogP contribution >= 0.6 is 0 Å². The summed E-state index contributed by atoms with van der Waals surface area (Å²) in [6, 6.07) is 15.1. The van der Waals surface area contributed by atoms with Gasteiger partial charge < -0.3 is 5.73 Å². The second-order valence-corrected chi connectivity index (χ2v) is 5.10. The Morgan fingerprint density at radius 2 is 1.44 bits per heavy atom. The third-order valence-electron chi connectivity index (χ3n) is 3.49. The monoisotopic (exact) mass is 239 g/mol. The number of aryl methyl sites for hydroxylation is 3. The van der Waals surface area contributed by atoms with Gasteiger partial charge in [0.1, 0.15) is 0 Å². The highest BCUT2D eigenvalue weighted by Gasteiger charge is 2.12. The molecule has 2 N–H and O–H groups in total. The summed E-state index contributed by atoms with van der Waals surface area (Å²) >= 11 is 0. The Hall–Kier alpha value is -1.60. The van der Waals surface area contributed by atoms with Gasteiger partial charge in [0.2, 0.25) is 0 Å². The summed E-state index contributed by atoms with van der Waals surface area (Å²) in [5, 5.41) is 0. The summed E-state index contributed by atoms with van der Waals surface area (Å²) < 4.78 is 0. The Labute approximate surface area is 110 Å². The minimum Gasteiger partial charge on any atom is -0.324 e. The van der Waals surface area contributed by atoms with Crippen molar-refractivity contribution in [2.75, 3.05) is 0 Å². The Bertz CT molecular complexity index is 506. The molecule has 94 valence electrons. The quantitative estimate of drug-likeness (QED) is 0.865. The van der Waals surface area contributed by atoms with E-state index in [4.69, 9.17) is 5.73 Å². The fourth-order valence-corrected chi connectivity index (χ4v) is 2.49. The van der Waals surface area contributed by atoms with E-state index in [-0.39, 0.29) is 6.04 Å². The van der Waals surface area contributed by atoms with Crippen LogP contribution in [-0.4, -0.2) is 0 Å². The van der Waals surface area contributed by atoms with Gasteiger partial charge in [-0.3, -0.25) is 0 Å². The van der Waals surface area contributed by atoms with Gasteiger partial charge in [-0.2, -0.15) is 0 Å². The van der Waals surface area contributed by atoms with Crippen molar-refractivity contribution in [3.8, 4) is 0 Å². The minimum absolute atomic E-state index is 0.0777. The van der Waals surface area contributed by atoms with E-state index in [2.05, 4.69) is 63.2 Å². The molecule has 1 heteroatoms. The predicted molar refractivity (Wildman–Crippen MR) is 77.7 cm³/mol. The number of hydrogen-bond acceptors (Lipinski definition) is 1. The maximum Gasteiger partial charge on any atom is 0.0341 e. The molecule has 0 saturated heterocycles. The lowest BCUT2D eigenvalue weighted by molar-refractivity contribution is 0.711. The van der Waals surface area contributed by atoms with Crippen LogP contribution in [0.15, 0.2) is 42.5 Å². The normalized spacial score (nSPS) is 12.4. The zero-order chi connectivity index (χ0) is 13.1. The first-order valence-electron chi connectivity index (χ1n) is 6.45. The van der Waals surface area contributed by atoms with Gasteiger partial charge in [0.15, 0.2) is 0 Å². The van der Waals surface area contributed by atoms with Gasteiger partial charge in [-0.25, -0.2) is 0 Å². The lowest BCUT2D eigenvalue weighted by atomic mass is 9.92. The molecule has 0 aromatic heterocycles. The average Bonchev–Trinajstić information content (AvgIpc) is 2.32. The summed E-state index contributed by atoms with van der Waals surface area (Å²) in [6.07, 6.45) is 0.895. The van der Waals surface area contributed by atoms with E-state index in [1.165, 1.54) is 27.8 Å². The predicted octanol–water partition coefficient (Wildman–Crippen LogP) is 3.85. The summed E-state index contributed by atoms with van der Waals surface area (Å²) in [5.74, 6) is 0. The third-order valence-corrected chi connectivity index (χ3v) is 3.49. The minimum atomic E-state index is 0.0777. The first kappa shape index (κ1) is 12.8. The van der Waals surface area contributed by atoms with Crippen molar-refractivity contribution in [3.05, 3.63) is 70.3 Å². The zero-order valence-corrected chi connectivity index (χ0v) is 11.4. The molecule has 0 heterocycles. The van der Waals surface area contributed by atoms with Crippen LogP contribution < -0.4 is 5.73 Å². The molecule has 0 aliphatic carbocycles. The summed E-state index contributed by atoms with van der Waals surface area (Å²) in [4.78, 5) is 0. The van der Waals surface area contributed by atoms with E-state index >= 15 is 0 Å². The molecule has 2 rings (SSSR count). The fourth-order valence-electron chi connectivity index (χ4n) is 2.49. The molecule has 0 aliphatic rings. The maximum absolute atomic E-state index is 6.37. The van der Waals surface area contributed by atoms with Gasteiger partial charge in [0, 0.05) is 6.04 Å². The van der Waals surface area contributed by atoms with Crippen LogP contribution in [-0.2, 0) is 6.42 Å². The van der Waals surface area contributed by atoms with E-state index in [0.29, 0.717) is 0 Å². The second kappa shape index (κ2) is 5.36. The van der Waals surface area contributed by atoms with E-state index in [0.717, 1.165) is 6.42 Å². The van der Waals surface area contributed by atoms with Gasteiger partial charge in [0.25, 0.3) is 0 Å². The molecule has 0 amide bonds. The molecule has 0 spiro atoms. The molecule has 1 unspecified atom stereocenters. The molecule has 0 radical (unpaired) electrons. The Morgan fingerprint density at radius 1 is 0.889 bits per heavy atom. The van der Waals surface area contributed by atoms with Gasteiger partial charge in [-0.05, 0) is 49.4 Å². The first-order valence-corrected chi connectivity index (χ1v) is 6.45. The number of hydrogen-bond donors (Lipinski definition) is 1. The van der Waals surface area contributed by atoms with Crippen LogP contribution in [0.2, 0.25) is 0 Å². The van der Waals surface area contributed by atoms with Crippen LogP contribution in [0.4, 0.5) is 0 Å². The molecule has 1 atom stereocenters. The number of benzene rings is 2. The number of nitrogens with two attached hydrogens (primary N) is 1. The van der Waals surface area contributed by atoms with Gasteiger partial charge in [-0.1, -0.05) is 48.0 Å². The highest BCUT2D eigenvalue weighted by Crippen LogP contribution is 2.23. The first-order chi connectivity index (χ1) is 8.58. The summed E-state index contributed by atoms with van der Waals surface area (Å²) in [5.41, 5.74) is 12.8. The van der Waals surface area contributed by atoms with Crippen LogP contribution in [0.5, 0.6) is 0 Å². The molecular formula is C17H21N. The largest absolute Gasteiger partial charge is 0.324 e. The number of rotatable bonds is 3. The summed E-state index contributed by atoms with van der Waals surface area (Å²) in [6.45, 7) is 6.38. The van der Waals surface area contributed by atoms with Crippen molar-refractivity contribution < 1.29 is 0 Å². The molecule has 0 aliphatic heterocycles. The van der Waals surface area contributed by atoms with Crippen molar-refractivity contribution in [2.24, 2.45) is 5.73 Å². The SMILES string of the molecule is Cc1ccc(CC(N)c2c(C)cccc2C)cc1. The van der Waals surface area contributed by atoms with E-state index < -0.39 is 0 Å². The standard InChI is InChI=1S/C17H21N/c1-12-7-9-15(10-8-12)11-16(18)17-13(2)5-4-6-14(17)3/h4-10,16H,11,18H2,1-3H3. The molecule has 1 nitrogen and oxygen atoms in total. The third kappa shape index (κ3) is 2.80. The Kier molecular flexibility index (Phi) is 3.83. The molecule has 0 bridgehead atoms. The molecule has 2 aromatic rings. The second-order valence-electron chi connectivity index (χ2n) is 5.10. The topological polar surface area (TPSA) is 26.0 Å². The van der Waals surface area contributed by atoms with Crippen LogP contribution in [0.3, 0.4) is 0 Å². The average molecular weight is 239 g/mol. The Morgan fingerprint density at radius 3 is 2.00 bits per heavy atom. The van der Waals surface area contributed by atoms with Crippen LogP contribution in [0.25, 0.3) is 0 Å². The maximum atomic E-state index is 6.37. The van der Waals surface area contributed by atoms with E-state index in [9.17, 15) is 0 Å². The van der Waals surface area contributed by atoms with Crippen molar-refractivity contribution in [1.29, 1.82) is 0 Å². The fraction of sp³-hybridized carbons (Fsp3) is 0.294. The summed E-state index contributed by atoms with van der Waals surface area (Å²) in [7, 11) is 0. The highest BCUT2D eigenvalue weighted by molar-refractivity contribution is 5.37. The lowest BCUT2D eigenvalue weighted by Crippen LogP contribution is -2.16. The van der Waals surface area contributed by atoms with Crippen molar-refractivity contribution in [3.63, 3.8) is 0 Å². The molecule has 18 heavy (non-hydrogen) atoms. The Balaban J connectivity index is 2.22. The van der Waals surface area contributed by atoms with Gasteiger partial charge in [-0.15, -0.1) is 0 Å². The highest BCUT2D eigenvalue weighted by atomic mass is 14.6.